The SMILES string of the molecule is CN(C)C(=O)CCOc1cccc2c1CCCN2. The highest BCUT2D eigenvalue weighted by Crippen LogP contribution is 2.30. The van der Waals surface area contributed by atoms with Crippen molar-refractivity contribution in [3.8, 4) is 5.75 Å². The molecule has 1 aliphatic heterocycles. The zero-order valence-corrected chi connectivity index (χ0v) is 11.0. The molecule has 0 saturated carbocycles. The molecule has 18 heavy (non-hydrogen) atoms. The van der Waals surface area contributed by atoms with Crippen LogP contribution in [0.5, 0.6) is 5.75 Å². The van der Waals surface area contributed by atoms with Gasteiger partial charge in [0.1, 0.15) is 5.75 Å². The summed E-state index contributed by atoms with van der Waals surface area (Å²) in [4.78, 5) is 13.0. The molecular formula is C14H20N2O2. The number of carbonyl (C=O) groups excluding carboxylic acids is 1. The summed E-state index contributed by atoms with van der Waals surface area (Å²) in [5.74, 6) is 1.00. The van der Waals surface area contributed by atoms with Gasteiger partial charge in [-0.15, -0.1) is 0 Å². The minimum atomic E-state index is 0.0953. The molecule has 1 aromatic carbocycles. The summed E-state index contributed by atoms with van der Waals surface area (Å²) in [6.45, 7) is 1.46. The number of nitrogens with zero attached hydrogens (tertiary/aromatic N) is 1. The Hall–Kier alpha value is -1.71. The van der Waals surface area contributed by atoms with Crippen molar-refractivity contribution in [2.45, 2.75) is 19.3 Å². The zero-order valence-electron chi connectivity index (χ0n) is 11.0. The number of anilines is 1. The second-order valence-electron chi connectivity index (χ2n) is 4.70. The van der Waals surface area contributed by atoms with Crippen LogP contribution in [-0.4, -0.2) is 38.1 Å². The van der Waals surface area contributed by atoms with Crippen molar-refractivity contribution >= 4 is 11.6 Å². The van der Waals surface area contributed by atoms with Gasteiger partial charge in [0.2, 0.25) is 5.91 Å². The van der Waals surface area contributed by atoms with Crippen molar-refractivity contribution in [3.63, 3.8) is 0 Å². The van der Waals surface area contributed by atoms with E-state index in [4.69, 9.17) is 4.74 Å². The quantitative estimate of drug-likeness (QED) is 0.885. The van der Waals surface area contributed by atoms with Crippen LogP contribution in [0.3, 0.4) is 0 Å². The van der Waals surface area contributed by atoms with E-state index in [1.54, 1.807) is 19.0 Å². The maximum Gasteiger partial charge on any atom is 0.225 e. The molecule has 1 heterocycles. The van der Waals surface area contributed by atoms with Crippen LogP contribution >= 0.6 is 0 Å². The fourth-order valence-corrected chi connectivity index (χ4v) is 2.08. The molecule has 2 rings (SSSR count). The summed E-state index contributed by atoms with van der Waals surface area (Å²) in [5, 5.41) is 3.37. The third-order valence-corrected chi connectivity index (χ3v) is 3.12. The number of hydrogen-bond donors (Lipinski definition) is 1. The van der Waals surface area contributed by atoms with E-state index in [1.807, 2.05) is 12.1 Å². The standard InChI is InChI=1S/C14H20N2O2/c1-16(2)14(17)8-10-18-13-7-3-6-12-11(13)5-4-9-15-12/h3,6-7,15H,4-5,8-10H2,1-2H3. The molecular weight excluding hydrogens is 228 g/mol. The summed E-state index contributed by atoms with van der Waals surface area (Å²) in [6.07, 6.45) is 2.59. The lowest BCUT2D eigenvalue weighted by Crippen LogP contribution is -2.23. The van der Waals surface area contributed by atoms with Crippen LogP contribution in [0.15, 0.2) is 18.2 Å². The van der Waals surface area contributed by atoms with E-state index in [9.17, 15) is 4.79 Å². The summed E-state index contributed by atoms with van der Waals surface area (Å²) in [6, 6.07) is 6.04. The monoisotopic (exact) mass is 248 g/mol. The first-order valence-electron chi connectivity index (χ1n) is 6.37. The van der Waals surface area contributed by atoms with Gasteiger partial charge >= 0.3 is 0 Å². The van der Waals surface area contributed by atoms with Crippen LogP contribution < -0.4 is 10.1 Å². The predicted octanol–water partition coefficient (Wildman–Crippen LogP) is 1.90. The fourth-order valence-electron chi connectivity index (χ4n) is 2.08. The van der Waals surface area contributed by atoms with Crippen LogP contribution in [0.4, 0.5) is 5.69 Å². The van der Waals surface area contributed by atoms with Gasteiger partial charge < -0.3 is 15.0 Å². The number of hydrogen-bond acceptors (Lipinski definition) is 3. The van der Waals surface area contributed by atoms with Crippen molar-refractivity contribution in [3.05, 3.63) is 23.8 Å². The lowest BCUT2D eigenvalue weighted by atomic mass is 10.0. The molecule has 0 spiro atoms. The van der Waals surface area contributed by atoms with E-state index in [0.29, 0.717) is 13.0 Å². The lowest BCUT2D eigenvalue weighted by molar-refractivity contribution is -0.129. The third kappa shape index (κ3) is 2.94. The molecule has 0 radical (unpaired) electrons. The Bertz CT molecular complexity index is 430. The lowest BCUT2D eigenvalue weighted by Gasteiger charge is -2.21. The van der Waals surface area contributed by atoms with Gasteiger partial charge in [0.05, 0.1) is 13.0 Å². The Balaban J connectivity index is 1.95. The average Bonchev–Trinajstić information content (AvgIpc) is 2.38. The third-order valence-electron chi connectivity index (χ3n) is 3.12. The number of amides is 1. The molecule has 0 atom stereocenters. The van der Waals surface area contributed by atoms with E-state index >= 15 is 0 Å². The van der Waals surface area contributed by atoms with Crippen LogP contribution in [0.25, 0.3) is 0 Å². The van der Waals surface area contributed by atoms with Crippen molar-refractivity contribution in [1.82, 2.24) is 4.90 Å². The Morgan fingerprint density at radius 3 is 3.06 bits per heavy atom. The van der Waals surface area contributed by atoms with Gasteiger partial charge in [-0.25, -0.2) is 0 Å². The molecule has 4 nitrogen and oxygen atoms in total. The second-order valence-corrected chi connectivity index (χ2v) is 4.70. The molecule has 0 unspecified atom stereocenters. The molecule has 4 heteroatoms. The highest BCUT2D eigenvalue weighted by atomic mass is 16.5. The van der Waals surface area contributed by atoms with Crippen LogP contribution in [0.1, 0.15) is 18.4 Å². The minimum Gasteiger partial charge on any atom is -0.493 e. The molecule has 0 fully saturated rings. The maximum absolute atomic E-state index is 11.5. The normalized spacial score (nSPS) is 13.4. The van der Waals surface area contributed by atoms with Gasteiger partial charge in [-0.3, -0.25) is 4.79 Å². The number of ether oxygens (including phenoxy) is 1. The van der Waals surface area contributed by atoms with E-state index in [2.05, 4.69) is 11.4 Å². The van der Waals surface area contributed by atoms with Gasteiger partial charge in [-0.2, -0.15) is 0 Å². The Kier molecular flexibility index (Phi) is 4.07. The number of carbonyl (C=O) groups is 1. The summed E-state index contributed by atoms with van der Waals surface area (Å²) in [5.41, 5.74) is 2.40. The molecule has 1 N–H and O–H groups in total. The van der Waals surface area contributed by atoms with Crippen LogP contribution in [0, 0.1) is 0 Å². The average molecular weight is 248 g/mol. The van der Waals surface area contributed by atoms with Gasteiger partial charge in [0.25, 0.3) is 0 Å². The van der Waals surface area contributed by atoms with E-state index in [1.165, 1.54) is 5.56 Å². The molecule has 0 aliphatic carbocycles. The van der Waals surface area contributed by atoms with Crippen molar-refractivity contribution in [2.24, 2.45) is 0 Å². The smallest absolute Gasteiger partial charge is 0.225 e. The molecule has 0 aromatic heterocycles. The summed E-state index contributed by atoms with van der Waals surface area (Å²) in [7, 11) is 3.52. The molecule has 1 aliphatic rings. The fraction of sp³-hybridized carbons (Fsp3) is 0.500. The van der Waals surface area contributed by atoms with Crippen molar-refractivity contribution in [1.29, 1.82) is 0 Å². The topological polar surface area (TPSA) is 41.6 Å². The molecule has 1 amide bonds. The largest absolute Gasteiger partial charge is 0.493 e. The number of benzene rings is 1. The van der Waals surface area contributed by atoms with Gasteiger partial charge in [-0.1, -0.05) is 6.07 Å². The summed E-state index contributed by atoms with van der Waals surface area (Å²) < 4.78 is 5.74. The van der Waals surface area contributed by atoms with E-state index in [0.717, 1.165) is 30.8 Å². The van der Waals surface area contributed by atoms with Crippen LogP contribution in [-0.2, 0) is 11.2 Å². The maximum atomic E-state index is 11.5. The van der Waals surface area contributed by atoms with E-state index in [-0.39, 0.29) is 5.91 Å². The van der Waals surface area contributed by atoms with Gasteiger partial charge in [0, 0.05) is 31.9 Å². The zero-order chi connectivity index (χ0) is 13.0. The first-order valence-corrected chi connectivity index (χ1v) is 6.37. The van der Waals surface area contributed by atoms with Gasteiger partial charge in [0.15, 0.2) is 0 Å². The highest BCUT2D eigenvalue weighted by Gasteiger charge is 2.13. The Labute approximate surface area is 108 Å². The Morgan fingerprint density at radius 1 is 1.44 bits per heavy atom. The second kappa shape index (κ2) is 5.76. The van der Waals surface area contributed by atoms with Crippen LogP contribution in [0.2, 0.25) is 0 Å². The predicted molar refractivity (Wildman–Crippen MR) is 72.1 cm³/mol. The van der Waals surface area contributed by atoms with E-state index < -0.39 is 0 Å². The molecule has 0 saturated heterocycles. The highest BCUT2D eigenvalue weighted by molar-refractivity contribution is 5.75. The summed E-state index contributed by atoms with van der Waals surface area (Å²) >= 11 is 0. The first-order chi connectivity index (χ1) is 8.68. The van der Waals surface area contributed by atoms with Crippen molar-refractivity contribution in [2.75, 3.05) is 32.6 Å². The molecule has 0 bridgehead atoms. The molecule has 1 aromatic rings. The minimum absolute atomic E-state index is 0.0953. The van der Waals surface area contributed by atoms with Gasteiger partial charge in [-0.05, 0) is 25.0 Å². The first kappa shape index (κ1) is 12.7. The number of nitrogens with one attached hydrogen (secondary N) is 1. The van der Waals surface area contributed by atoms with Crippen molar-refractivity contribution < 1.29 is 9.53 Å². The Morgan fingerprint density at radius 2 is 2.28 bits per heavy atom. The number of rotatable bonds is 4. The number of fused-ring (bicyclic) bond motifs is 1. The molecule has 98 valence electrons.